The number of rotatable bonds is 7. The van der Waals surface area contributed by atoms with E-state index < -0.39 is 15.9 Å². The zero-order valence-corrected chi connectivity index (χ0v) is 19.3. The second-order valence-electron chi connectivity index (χ2n) is 7.85. The van der Waals surface area contributed by atoms with Gasteiger partial charge in [-0.3, -0.25) is 9.10 Å². The minimum Gasteiger partial charge on any atom is -0.486 e. The van der Waals surface area contributed by atoms with Crippen LogP contribution in [-0.4, -0.2) is 40.1 Å². The Morgan fingerprint density at radius 2 is 1.67 bits per heavy atom. The van der Waals surface area contributed by atoms with Crippen molar-refractivity contribution >= 4 is 21.6 Å². The monoisotopic (exact) mass is 466 g/mol. The van der Waals surface area contributed by atoms with Crippen LogP contribution in [0, 0.1) is 13.8 Å². The maximum Gasteiger partial charge on any atom is 0.264 e. The molecule has 0 radical (unpaired) electrons. The van der Waals surface area contributed by atoms with Crippen LogP contribution in [0.4, 0.5) is 5.69 Å². The number of sulfonamides is 1. The lowest BCUT2D eigenvalue weighted by molar-refractivity contribution is -0.120. The number of benzene rings is 3. The molecule has 0 aromatic heterocycles. The molecule has 1 atom stereocenters. The van der Waals surface area contributed by atoms with Crippen LogP contribution < -0.4 is 19.1 Å². The Labute approximate surface area is 194 Å². The molecule has 0 unspecified atom stereocenters. The first-order valence-corrected chi connectivity index (χ1v) is 12.1. The molecule has 0 aliphatic carbocycles. The summed E-state index contributed by atoms with van der Waals surface area (Å²) >= 11 is 0. The summed E-state index contributed by atoms with van der Waals surface area (Å²) in [5.41, 5.74) is 2.21. The zero-order chi connectivity index (χ0) is 23.4. The second kappa shape index (κ2) is 9.54. The van der Waals surface area contributed by atoms with Gasteiger partial charge in [-0.15, -0.1) is 0 Å². The summed E-state index contributed by atoms with van der Waals surface area (Å²) in [6.07, 6.45) is -0.372. The van der Waals surface area contributed by atoms with Crippen LogP contribution in [0.5, 0.6) is 11.5 Å². The Morgan fingerprint density at radius 3 is 2.42 bits per heavy atom. The Balaban J connectivity index is 1.52. The van der Waals surface area contributed by atoms with E-state index in [2.05, 4.69) is 5.32 Å². The number of aryl methyl sites for hydroxylation is 1. The molecular formula is C25H26N2O5S. The molecule has 3 aromatic carbocycles. The van der Waals surface area contributed by atoms with Crippen molar-refractivity contribution in [2.45, 2.75) is 24.8 Å². The maximum absolute atomic E-state index is 13.5. The molecule has 0 spiro atoms. The first kappa shape index (κ1) is 22.7. The fraction of sp³-hybridized carbons (Fsp3) is 0.240. The minimum atomic E-state index is -3.96. The van der Waals surface area contributed by atoms with Gasteiger partial charge >= 0.3 is 0 Å². The van der Waals surface area contributed by atoms with Crippen molar-refractivity contribution in [3.63, 3.8) is 0 Å². The third-order valence-corrected chi connectivity index (χ3v) is 7.33. The highest BCUT2D eigenvalue weighted by molar-refractivity contribution is 7.92. The number of para-hydroxylation sites is 2. The molecule has 1 N–H and O–H groups in total. The normalized spacial score (nSPS) is 15.0. The molecular weight excluding hydrogens is 440 g/mol. The third kappa shape index (κ3) is 4.96. The molecule has 0 saturated carbocycles. The highest BCUT2D eigenvalue weighted by Gasteiger charge is 2.29. The highest BCUT2D eigenvalue weighted by atomic mass is 32.2. The molecule has 1 amide bonds. The largest absolute Gasteiger partial charge is 0.486 e. The number of amides is 1. The summed E-state index contributed by atoms with van der Waals surface area (Å²) in [5.74, 6) is 0.847. The Bertz CT molecular complexity index is 1240. The quantitative estimate of drug-likeness (QED) is 0.577. The highest BCUT2D eigenvalue weighted by Crippen LogP contribution is 2.31. The van der Waals surface area contributed by atoms with Crippen LogP contribution in [0.1, 0.15) is 11.1 Å². The number of nitrogens with zero attached hydrogens (tertiary/aromatic N) is 1. The number of nitrogens with one attached hydrogen (secondary N) is 1. The van der Waals surface area contributed by atoms with Crippen molar-refractivity contribution in [3.8, 4) is 11.5 Å². The molecule has 0 bridgehead atoms. The van der Waals surface area contributed by atoms with Crippen molar-refractivity contribution in [2.75, 3.05) is 24.0 Å². The standard InChI is InChI=1S/C25H26N2O5S/c1-18-9-8-12-22(19(18)2)27(33(29,30)21-10-4-3-5-11-21)16-25(28)26-15-20-17-31-23-13-6-7-14-24(23)32-20/h3-14,20H,15-17H2,1-2H3,(H,26,28)/t20-/m0/s1. The first-order valence-electron chi connectivity index (χ1n) is 10.7. The summed E-state index contributed by atoms with van der Waals surface area (Å²) in [6.45, 7) is 3.89. The van der Waals surface area contributed by atoms with Gasteiger partial charge in [0.1, 0.15) is 19.3 Å². The number of anilines is 1. The second-order valence-corrected chi connectivity index (χ2v) is 9.71. The molecule has 7 nitrogen and oxygen atoms in total. The van der Waals surface area contributed by atoms with E-state index >= 15 is 0 Å². The van der Waals surface area contributed by atoms with E-state index in [1.165, 1.54) is 12.1 Å². The molecule has 33 heavy (non-hydrogen) atoms. The van der Waals surface area contributed by atoms with Crippen LogP contribution in [-0.2, 0) is 14.8 Å². The summed E-state index contributed by atoms with van der Waals surface area (Å²) in [4.78, 5) is 13.0. The average molecular weight is 467 g/mol. The first-order chi connectivity index (χ1) is 15.9. The predicted molar refractivity (Wildman–Crippen MR) is 126 cm³/mol. The Kier molecular flexibility index (Phi) is 6.55. The van der Waals surface area contributed by atoms with Crippen molar-refractivity contribution in [1.29, 1.82) is 0 Å². The topological polar surface area (TPSA) is 84.9 Å². The molecule has 4 rings (SSSR count). The van der Waals surface area contributed by atoms with Crippen molar-refractivity contribution in [1.82, 2.24) is 5.32 Å². The fourth-order valence-corrected chi connectivity index (χ4v) is 5.10. The number of hydrogen-bond donors (Lipinski definition) is 1. The van der Waals surface area contributed by atoms with Crippen molar-refractivity contribution in [2.24, 2.45) is 0 Å². The van der Waals surface area contributed by atoms with E-state index in [4.69, 9.17) is 9.47 Å². The SMILES string of the molecule is Cc1cccc(N(CC(=O)NC[C@H]2COc3ccccc3O2)S(=O)(=O)c2ccccc2)c1C. The fourth-order valence-electron chi connectivity index (χ4n) is 3.60. The molecule has 1 heterocycles. The summed E-state index contributed by atoms with van der Waals surface area (Å²) < 4.78 is 39.7. The summed E-state index contributed by atoms with van der Waals surface area (Å²) in [6, 6.07) is 20.9. The number of carbonyl (C=O) groups is 1. The van der Waals surface area contributed by atoms with Gasteiger partial charge in [0.05, 0.1) is 17.1 Å². The van der Waals surface area contributed by atoms with Crippen LogP contribution in [0.2, 0.25) is 0 Å². The maximum atomic E-state index is 13.5. The summed E-state index contributed by atoms with van der Waals surface area (Å²) in [5, 5.41) is 2.79. The number of hydrogen-bond acceptors (Lipinski definition) is 5. The van der Waals surface area contributed by atoms with Gasteiger partial charge in [0, 0.05) is 0 Å². The van der Waals surface area contributed by atoms with Gasteiger partial charge in [-0.1, -0.05) is 42.5 Å². The van der Waals surface area contributed by atoms with Gasteiger partial charge < -0.3 is 14.8 Å². The van der Waals surface area contributed by atoms with Crippen LogP contribution in [0.3, 0.4) is 0 Å². The molecule has 172 valence electrons. The molecule has 0 fully saturated rings. The van der Waals surface area contributed by atoms with Crippen molar-refractivity contribution < 1.29 is 22.7 Å². The van der Waals surface area contributed by atoms with Gasteiger partial charge in [-0.2, -0.15) is 0 Å². The van der Waals surface area contributed by atoms with Gasteiger partial charge in [-0.05, 0) is 55.3 Å². The number of carbonyl (C=O) groups excluding carboxylic acids is 1. The number of ether oxygens (including phenoxy) is 2. The van der Waals surface area contributed by atoms with Crippen LogP contribution in [0.15, 0.2) is 77.7 Å². The Morgan fingerprint density at radius 1 is 0.970 bits per heavy atom. The molecule has 1 aliphatic heterocycles. The lowest BCUT2D eigenvalue weighted by Crippen LogP contribution is -2.45. The minimum absolute atomic E-state index is 0.124. The molecule has 3 aromatic rings. The average Bonchev–Trinajstić information content (AvgIpc) is 2.83. The molecule has 1 aliphatic rings. The molecule has 8 heteroatoms. The number of fused-ring (bicyclic) bond motifs is 1. The summed E-state index contributed by atoms with van der Waals surface area (Å²) in [7, 11) is -3.96. The lowest BCUT2D eigenvalue weighted by Gasteiger charge is -2.28. The van der Waals surface area contributed by atoms with Crippen LogP contribution in [0.25, 0.3) is 0 Å². The van der Waals surface area contributed by atoms with E-state index in [1.54, 1.807) is 36.4 Å². The smallest absolute Gasteiger partial charge is 0.264 e. The van der Waals surface area contributed by atoms with E-state index in [9.17, 15) is 13.2 Å². The predicted octanol–water partition coefficient (Wildman–Crippen LogP) is 3.45. The van der Waals surface area contributed by atoms with Crippen molar-refractivity contribution in [3.05, 3.63) is 83.9 Å². The Hall–Kier alpha value is -3.52. The van der Waals surface area contributed by atoms with E-state index in [0.29, 0.717) is 23.8 Å². The van der Waals surface area contributed by atoms with Gasteiger partial charge in [-0.25, -0.2) is 8.42 Å². The molecule has 0 saturated heterocycles. The van der Waals surface area contributed by atoms with E-state index in [0.717, 1.165) is 15.4 Å². The van der Waals surface area contributed by atoms with E-state index in [-0.39, 0.29) is 24.1 Å². The van der Waals surface area contributed by atoms with Crippen LogP contribution >= 0.6 is 0 Å². The van der Waals surface area contributed by atoms with Gasteiger partial charge in [0.15, 0.2) is 11.5 Å². The van der Waals surface area contributed by atoms with Gasteiger partial charge in [0.2, 0.25) is 5.91 Å². The van der Waals surface area contributed by atoms with E-state index in [1.807, 2.05) is 38.1 Å². The lowest BCUT2D eigenvalue weighted by atomic mass is 10.1. The third-order valence-electron chi connectivity index (χ3n) is 5.56. The van der Waals surface area contributed by atoms with Gasteiger partial charge in [0.25, 0.3) is 10.0 Å². The zero-order valence-electron chi connectivity index (χ0n) is 18.5.